The Hall–Kier alpha value is -4.29. The van der Waals surface area contributed by atoms with Crippen LogP contribution in [-0.2, 0) is 35.6 Å². The molecule has 40 heavy (non-hydrogen) atoms. The van der Waals surface area contributed by atoms with Crippen LogP contribution in [0.15, 0.2) is 91.3 Å². The largest absolute Gasteiger partial charge is 0.465 e. The van der Waals surface area contributed by atoms with E-state index < -0.39 is 0 Å². The molecule has 3 aromatic carbocycles. The van der Waals surface area contributed by atoms with E-state index in [2.05, 4.69) is 51.6 Å². The summed E-state index contributed by atoms with van der Waals surface area (Å²) in [4.78, 5) is 31.9. The summed E-state index contributed by atoms with van der Waals surface area (Å²) < 4.78 is 4.95. The first kappa shape index (κ1) is 26.0. The second kappa shape index (κ2) is 11.4. The minimum Gasteiger partial charge on any atom is -0.465 e. The van der Waals surface area contributed by atoms with E-state index in [1.807, 2.05) is 48.8 Å². The summed E-state index contributed by atoms with van der Waals surface area (Å²) in [6.45, 7) is 3.07. The van der Waals surface area contributed by atoms with Gasteiger partial charge in [0.25, 0.3) is 0 Å². The summed E-state index contributed by atoms with van der Waals surface area (Å²) in [5.74, 6) is 0.145. The van der Waals surface area contributed by atoms with E-state index in [1.165, 1.54) is 29.4 Å². The van der Waals surface area contributed by atoms with E-state index in [4.69, 9.17) is 4.74 Å². The summed E-state index contributed by atoms with van der Waals surface area (Å²) in [7, 11) is 1.40. The Balaban J connectivity index is 1.25. The number of fused-ring (bicyclic) bond motifs is 1. The molecule has 0 spiro atoms. The van der Waals surface area contributed by atoms with Crippen LogP contribution >= 0.6 is 0 Å². The molecule has 1 amide bonds. The first-order valence-electron chi connectivity index (χ1n) is 13.9. The van der Waals surface area contributed by atoms with Crippen molar-refractivity contribution in [1.29, 1.82) is 0 Å². The number of ether oxygens (including phenoxy) is 1. The predicted octanol–water partition coefficient (Wildman–Crippen LogP) is 5.51. The minimum absolute atomic E-state index is 0.0433. The van der Waals surface area contributed by atoms with Gasteiger partial charge in [-0.1, -0.05) is 54.6 Å². The summed E-state index contributed by atoms with van der Waals surface area (Å²) in [5, 5.41) is 3.24. The number of benzene rings is 3. The lowest BCUT2D eigenvalue weighted by Crippen LogP contribution is -2.32. The van der Waals surface area contributed by atoms with E-state index in [0.717, 1.165) is 49.2 Å². The van der Waals surface area contributed by atoms with Crippen LogP contribution in [0.25, 0.3) is 11.1 Å². The molecule has 1 saturated carbocycles. The van der Waals surface area contributed by atoms with Gasteiger partial charge >= 0.3 is 5.97 Å². The number of nitrogens with zero attached hydrogens (tertiary/aromatic N) is 2. The molecule has 1 N–H and O–H groups in total. The predicted molar refractivity (Wildman–Crippen MR) is 154 cm³/mol. The number of carbonyl (C=O) groups is 2. The van der Waals surface area contributed by atoms with Gasteiger partial charge in [-0.25, -0.2) is 4.79 Å². The number of esters is 1. The maximum Gasteiger partial charge on any atom is 0.337 e. The lowest BCUT2D eigenvalue weighted by molar-refractivity contribution is -0.122. The molecule has 1 aromatic heterocycles. The SMILES string of the molecule is COC(=O)c1cccc(-c2ccc(CNC(=O)[C@@H]3C[C@H]3c3ccccc3)c3c2CCN(Cc2ccncc2)C3)c1. The van der Waals surface area contributed by atoms with Gasteiger partial charge in [-0.3, -0.25) is 14.7 Å². The Kier molecular flexibility index (Phi) is 7.43. The van der Waals surface area contributed by atoms with E-state index in [1.54, 1.807) is 6.07 Å². The average Bonchev–Trinajstić information content (AvgIpc) is 3.82. The fourth-order valence-corrected chi connectivity index (χ4v) is 5.91. The van der Waals surface area contributed by atoms with Crippen molar-refractivity contribution in [1.82, 2.24) is 15.2 Å². The number of rotatable bonds is 8. The van der Waals surface area contributed by atoms with Gasteiger partial charge in [-0.15, -0.1) is 0 Å². The highest BCUT2D eigenvalue weighted by Crippen LogP contribution is 2.47. The van der Waals surface area contributed by atoms with Crippen molar-refractivity contribution in [2.75, 3.05) is 13.7 Å². The fourth-order valence-electron chi connectivity index (χ4n) is 5.91. The van der Waals surface area contributed by atoms with Gasteiger partial charge in [-0.05, 0) is 82.0 Å². The Morgan fingerprint density at radius 1 is 0.975 bits per heavy atom. The number of hydrogen-bond donors (Lipinski definition) is 1. The van der Waals surface area contributed by atoms with Crippen LogP contribution in [0, 0.1) is 5.92 Å². The van der Waals surface area contributed by atoms with Gasteiger partial charge in [0, 0.05) is 44.5 Å². The van der Waals surface area contributed by atoms with Gasteiger partial charge < -0.3 is 10.1 Å². The average molecular weight is 532 g/mol. The zero-order valence-electron chi connectivity index (χ0n) is 22.7. The number of carbonyl (C=O) groups excluding carboxylic acids is 2. The summed E-state index contributed by atoms with van der Waals surface area (Å²) in [6, 6.07) is 26.3. The minimum atomic E-state index is -0.340. The molecule has 2 aliphatic rings. The monoisotopic (exact) mass is 531 g/mol. The van der Waals surface area contributed by atoms with Crippen molar-refractivity contribution in [2.45, 2.75) is 38.4 Å². The summed E-state index contributed by atoms with van der Waals surface area (Å²) in [5.41, 5.74) is 8.84. The summed E-state index contributed by atoms with van der Waals surface area (Å²) in [6.07, 6.45) is 5.46. The quantitative estimate of drug-likeness (QED) is 0.304. The van der Waals surface area contributed by atoms with Gasteiger partial charge in [0.05, 0.1) is 12.7 Å². The zero-order chi connectivity index (χ0) is 27.5. The van der Waals surface area contributed by atoms with Crippen molar-refractivity contribution in [3.05, 3.63) is 125 Å². The number of aromatic nitrogens is 1. The standard InChI is InChI=1S/C34H33N3O3/c1-40-34(39)26-9-5-8-25(18-26)28-11-10-27(20-36-33(38)31-19-30(31)24-6-3-2-4-7-24)32-22-37(17-14-29(28)32)21-23-12-15-35-16-13-23/h2-13,15-16,18,30-31H,14,17,19-22H2,1H3,(H,36,38)/t30-,31+/m0/s1. The van der Waals surface area contributed by atoms with E-state index >= 15 is 0 Å². The van der Waals surface area contributed by atoms with Crippen LogP contribution in [0.1, 0.15) is 50.5 Å². The van der Waals surface area contributed by atoms with Crippen molar-refractivity contribution >= 4 is 11.9 Å². The number of pyridine rings is 1. The van der Waals surface area contributed by atoms with Crippen LogP contribution in [-0.4, -0.2) is 35.4 Å². The molecule has 1 aliphatic heterocycles. The van der Waals surface area contributed by atoms with Crippen molar-refractivity contribution in [2.24, 2.45) is 5.92 Å². The van der Waals surface area contributed by atoms with E-state index in [0.29, 0.717) is 18.0 Å². The molecule has 6 rings (SSSR count). The van der Waals surface area contributed by atoms with Gasteiger partial charge in [-0.2, -0.15) is 0 Å². The molecule has 202 valence electrons. The Morgan fingerprint density at radius 2 is 1.80 bits per heavy atom. The maximum atomic E-state index is 13.1. The molecular formula is C34H33N3O3. The lowest BCUT2D eigenvalue weighted by atomic mass is 9.87. The molecule has 0 saturated heterocycles. The first-order valence-corrected chi connectivity index (χ1v) is 13.9. The van der Waals surface area contributed by atoms with Crippen molar-refractivity contribution in [3.63, 3.8) is 0 Å². The highest BCUT2D eigenvalue weighted by Gasteiger charge is 2.43. The molecular weight excluding hydrogens is 498 g/mol. The smallest absolute Gasteiger partial charge is 0.337 e. The number of hydrogen-bond acceptors (Lipinski definition) is 5. The molecule has 0 bridgehead atoms. The molecule has 0 unspecified atom stereocenters. The third kappa shape index (κ3) is 5.54. The molecule has 2 atom stereocenters. The molecule has 4 aromatic rings. The third-order valence-electron chi connectivity index (χ3n) is 8.15. The third-order valence-corrected chi connectivity index (χ3v) is 8.15. The Bertz CT molecular complexity index is 1520. The van der Waals surface area contributed by atoms with Crippen molar-refractivity contribution in [3.8, 4) is 11.1 Å². The molecule has 2 heterocycles. The first-order chi connectivity index (χ1) is 19.6. The second-order valence-corrected chi connectivity index (χ2v) is 10.7. The fraction of sp³-hybridized carbons (Fsp3) is 0.265. The van der Waals surface area contributed by atoms with Crippen LogP contribution in [0.2, 0.25) is 0 Å². The molecule has 6 nitrogen and oxygen atoms in total. The molecule has 1 aliphatic carbocycles. The van der Waals surface area contributed by atoms with Crippen LogP contribution < -0.4 is 5.32 Å². The topological polar surface area (TPSA) is 71.5 Å². The second-order valence-electron chi connectivity index (χ2n) is 10.7. The number of methoxy groups -OCH3 is 1. The van der Waals surface area contributed by atoms with Gasteiger partial charge in [0.2, 0.25) is 5.91 Å². The Labute approximate surface area is 235 Å². The maximum absolute atomic E-state index is 13.1. The van der Waals surface area contributed by atoms with E-state index in [9.17, 15) is 9.59 Å². The van der Waals surface area contributed by atoms with E-state index in [-0.39, 0.29) is 17.8 Å². The van der Waals surface area contributed by atoms with Crippen LogP contribution in [0.3, 0.4) is 0 Å². The highest BCUT2D eigenvalue weighted by atomic mass is 16.5. The summed E-state index contributed by atoms with van der Waals surface area (Å²) >= 11 is 0. The number of nitrogens with one attached hydrogen (secondary N) is 1. The van der Waals surface area contributed by atoms with Crippen molar-refractivity contribution < 1.29 is 14.3 Å². The molecule has 0 radical (unpaired) electrons. The molecule has 1 fully saturated rings. The van der Waals surface area contributed by atoms with Gasteiger partial charge in [0.15, 0.2) is 0 Å². The van der Waals surface area contributed by atoms with Gasteiger partial charge in [0.1, 0.15) is 0 Å². The normalized spacial score (nSPS) is 18.0. The van der Waals surface area contributed by atoms with Crippen LogP contribution in [0.5, 0.6) is 0 Å². The molecule has 6 heteroatoms. The number of amides is 1. The lowest BCUT2D eigenvalue weighted by Gasteiger charge is -2.32. The highest BCUT2D eigenvalue weighted by molar-refractivity contribution is 5.91. The zero-order valence-corrected chi connectivity index (χ0v) is 22.7. The Morgan fingerprint density at radius 3 is 2.60 bits per heavy atom. The van der Waals surface area contributed by atoms with Crippen LogP contribution in [0.4, 0.5) is 0 Å².